The van der Waals surface area contributed by atoms with Crippen molar-refractivity contribution in [3.63, 3.8) is 0 Å². The molecule has 1 heterocycles. The first kappa shape index (κ1) is 16.2. The van der Waals surface area contributed by atoms with Gasteiger partial charge < -0.3 is 15.8 Å². The van der Waals surface area contributed by atoms with Gasteiger partial charge in [0.15, 0.2) is 5.96 Å². The Morgan fingerprint density at radius 3 is 2.50 bits per heavy atom. The van der Waals surface area contributed by atoms with Crippen molar-refractivity contribution in [1.82, 2.24) is 10.2 Å². The number of hydrogen-bond donors (Lipinski definition) is 2. The van der Waals surface area contributed by atoms with Gasteiger partial charge in [-0.15, -0.1) is 10.2 Å². The van der Waals surface area contributed by atoms with Gasteiger partial charge in [-0.05, 0) is 24.3 Å². The monoisotopic (exact) mass is 319 g/mol. The first-order valence-electron chi connectivity index (χ1n) is 6.92. The highest BCUT2D eigenvalue weighted by Crippen LogP contribution is 2.25. The largest absolute Gasteiger partial charge is 0.497 e. The fourth-order valence-electron chi connectivity index (χ4n) is 1.64. The number of aliphatic imine (C=N–C) groups is 1. The second kappa shape index (κ2) is 6.74. The van der Waals surface area contributed by atoms with Crippen LogP contribution in [0.4, 0.5) is 5.69 Å². The van der Waals surface area contributed by atoms with Crippen LogP contribution < -0.4 is 15.8 Å². The number of nitrogens with zero attached hydrogens (tertiary/aromatic N) is 3. The topological polar surface area (TPSA) is 85.4 Å². The SMILES string of the molecule is COc1ccc(NC(N)=NCc2nnc(C(C)(C)C)s2)cc1. The first-order chi connectivity index (χ1) is 10.4. The summed E-state index contributed by atoms with van der Waals surface area (Å²) in [4.78, 5) is 4.29. The molecule has 6 nitrogen and oxygen atoms in total. The van der Waals surface area contributed by atoms with Crippen LogP contribution >= 0.6 is 11.3 Å². The van der Waals surface area contributed by atoms with Gasteiger partial charge in [-0.1, -0.05) is 32.1 Å². The van der Waals surface area contributed by atoms with Crippen molar-refractivity contribution in [2.45, 2.75) is 32.7 Å². The molecule has 0 aliphatic carbocycles. The van der Waals surface area contributed by atoms with Gasteiger partial charge in [0.25, 0.3) is 0 Å². The van der Waals surface area contributed by atoms with E-state index in [0.29, 0.717) is 12.5 Å². The summed E-state index contributed by atoms with van der Waals surface area (Å²) in [5.41, 5.74) is 6.74. The number of ether oxygens (including phenoxy) is 1. The average molecular weight is 319 g/mol. The van der Waals surface area contributed by atoms with E-state index in [9.17, 15) is 0 Å². The molecule has 0 radical (unpaired) electrons. The van der Waals surface area contributed by atoms with E-state index in [2.05, 4.69) is 41.3 Å². The zero-order valence-electron chi connectivity index (χ0n) is 13.3. The molecule has 0 bridgehead atoms. The van der Waals surface area contributed by atoms with E-state index in [1.54, 1.807) is 18.4 Å². The minimum absolute atomic E-state index is 0.00647. The van der Waals surface area contributed by atoms with Crippen LogP contribution in [-0.2, 0) is 12.0 Å². The Labute approximate surface area is 134 Å². The highest BCUT2D eigenvalue weighted by molar-refractivity contribution is 7.11. The minimum atomic E-state index is 0.00647. The van der Waals surface area contributed by atoms with Crippen LogP contribution in [0.5, 0.6) is 5.75 Å². The van der Waals surface area contributed by atoms with Gasteiger partial charge in [0.1, 0.15) is 15.8 Å². The van der Waals surface area contributed by atoms with Crippen molar-refractivity contribution in [2.24, 2.45) is 10.7 Å². The highest BCUT2D eigenvalue weighted by atomic mass is 32.1. The summed E-state index contributed by atoms with van der Waals surface area (Å²) in [6.07, 6.45) is 0. The number of rotatable bonds is 4. The Kier molecular flexibility index (Phi) is 4.97. The molecule has 22 heavy (non-hydrogen) atoms. The summed E-state index contributed by atoms with van der Waals surface area (Å²) < 4.78 is 5.11. The number of nitrogens with one attached hydrogen (secondary N) is 1. The van der Waals surface area contributed by atoms with E-state index < -0.39 is 0 Å². The molecule has 3 N–H and O–H groups in total. The summed E-state index contributed by atoms with van der Waals surface area (Å²) in [6, 6.07) is 7.47. The molecular weight excluding hydrogens is 298 g/mol. The molecule has 0 saturated heterocycles. The molecule has 1 aromatic carbocycles. The van der Waals surface area contributed by atoms with Crippen molar-refractivity contribution in [1.29, 1.82) is 0 Å². The Hall–Kier alpha value is -2.15. The van der Waals surface area contributed by atoms with E-state index in [0.717, 1.165) is 21.5 Å². The van der Waals surface area contributed by atoms with Crippen molar-refractivity contribution in [2.75, 3.05) is 12.4 Å². The molecule has 1 aromatic heterocycles. The lowest BCUT2D eigenvalue weighted by molar-refractivity contribution is 0.415. The smallest absolute Gasteiger partial charge is 0.193 e. The molecule has 0 aliphatic rings. The normalized spacial score (nSPS) is 12.3. The van der Waals surface area contributed by atoms with Crippen molar-refractivity contribution >= 4 is 23.0 Å². The standard InChI is InChI=1S/C15H21N5OS/c1-15(2,3)13-20-19-12(22-13)9-17-14(16)18-10-5-7-11(21-4)8-6-10/h5-8H,9H2,1-4H3,(H3,16,17,18). The third-order valence-corrected chi connectivity index (χ3v) is 4.19. The van der Waals surface area contributed by atoms with Crippen LogP contribution in [0.2, 0.25) is 0 Å². The molecule has 7 heteroatoms. The van der Waals surface area contributed by atoms with Crippen molar-refractivity contribution < 1.29 is 4.74 Å². The van der Waals surface area contributed by atoms with Crippen LogP contribution in [0.25, 0.3) is 0 Å². The van der Waals surface area contributed by atoms with Crippen LogP contribution in [0.1, 0.15) is 30.8 Å². The van der Waals surface area contributed by atoms with Crippen LogP contribution in [-0.4, -0.2) is 23.3 Å². The van der Waals surface area contributed by atoms with Crippen LogP contribution in [0, 0.1) is 0 Å². The minimum Gasteiger partial charge on any atom is -0.497 e. The number of aromatic nitrogens is 2. The fraction of sp³-hybridized carbons (Fsp3) is 0.400. The molecule has 2 aromatic rings. The molecule has 0 fully saturated rings. The summed E-state index contributed by atoms with van der Waals surface area (Å²) in [7, 11) is 1.63. The molecule has 0 unspecified atom stereocenters. The summed E-state index contributed by atoms with van der Waals surface area (Å²) >= 11 is 1.56. The van der Waals surface area contributed by atoms with Crippen molar-refractivity contribution in [3.8, 4) is 5.75 Å². The first-order valence-corrected chi connectivity index (χ1v) is 7.74. The Morgan fingerprint density at radius 1 is 1.27 bits per heavy atom. The van der Waals surface area contributed by atoms with Gasteiger partial charge in [-0.25, -0.2) is 4.99 Å². The van der Waals surface area contributed by atoms with Gasteiger partial charge in [0, 0.05) is 11.1 Å². The maximum absolute atomic E-state index is 5.88. The number of anilines is 1. The van der Waals surface area contributed by atoms with E-state index in [1.165, 1.54) is 0 Å². The number of hydrogen-bond acceptors (Lipinski definition) is 5. The number of methoxy groups -OCH3 is 1. The lowest BCUT2D eigenvalue weighted by atomic mass is 9.98. The van der Waals surface area contributed by atoms with Crippen LogP contribution in [0.15, 0.2) is 29.3 Å². The molecule has 2 rings (SSSR count). The second-order valence-corrected chi connectivity index (χ2v) is 6.87. The lowest BCUT2D eigenvalue weighted by Gasteiger charge is -2.12. The van der Waals surface area contributed by atoms with E-state index in [4.69, 9.17) is 10.5 Å². The summed E-state index contributed by atoms with van der Waals surface area (Å²) in [6.45, 7) is 6.75. The van der Waals surface area contributed by atoms with Crippen LogP contribution in [0.3, 0.4) is 0 Å². The maximum Gasteiger partial charge on any atom is 0.193 e. The average Bonchev–Trinajstić information content (AvgIpc) is 2.95. The zero-order chi connectivity index (χ0) is 16.2. The predicted molar refractivity (Wildman–Crippen MR) is 90.6 cm³/mol. The highest BCUT2D eigenvalue weighted by Gasteiger charge is 2.19. The third kappa shape index (κ3) is 4.42. The molecule has 0 aliphatic heterocycles. The van der Waals surface area contributed by atoms with Crippen molar-refractivity contribution in [3.05, 3.63) is 34.3 Å². The lowest BCUT2D eigenvalue weighted by Crippen LogP contribution is -2.22. The third-order valence-electron chi connectivity index (χ3n) is 2.86. The zero-order valence-corrected chi connectivity index (χ0v) is 14.1. The Morgan fingerprint density at radius 2 is 1.95 bits per heavy atom. The van der Waals surface area contributed by atoms with Gasteiger partial charge in [-0.3, -0.25) is 0 Å². The maximum atomic E-state index is 5.88. The number of nitrogens with two attached hydrogens (primary N) is 1. The fourth-order valence-corrected chi connectivity index (χ4v) is 2.46. The molecule has 0 spiro atoms. The quantitative estimate of drug-likeness (QED) is 0.668. The summed E-state index contributed by atoms with van der Waals surface area (Å²) in [5, 5.41) is 13.2. The summed E-state index contributed by atoms with van der Waals surface area (Å²) in [5.74, 6) is 1.14. The van der Waals surface area contributed by atoms with E-state index in [1.807, 2.05) is 24.3 Å². The predicted octanol–water partition coefficient (Wildman–Crippen LogP) is 2.77. The second-order valence-electron chi connectivity index (χ2n) is 5.81. The molecular formula is C15H21N5OS. The van der Waals surface area contributed by atoms with E-state index >= 15 is 0 Å². The Balaban J connectivity index is 1.95. The molecule has 118 valence electrons. The molecule has 0 atom stereocenters. The molecule has 0 saturated carbocycles. The van der Waals surface area contributed by atoms with Gasteiger partial charge in [0.2, 0.25) is 0 Å². The van der Waals surface area contributed by atoms with Gasteiger partial charge in [-0.2, -0.15) is 0 Å². The number of guanidine groups is 1. The van der Waals surface area contributed by atoms with Gasteiger partial charge in [0.05, 0.1) is 13.7 Å². The Bertz CT molecular complexity index is 643. The van der Waals surface area contributed by atoms with Gasteiger partial charge >= 0.3 is 0 Å². The number of benzene rings is 1. The molecule has 0 amide bonds. The van der Waals surface area contributed by atoms with E-state index in [-0.39, 0.29) is 5.41 Å².